The van der Waals surface area contributed by atoms with Gasteiger partial charge >= 0.3 is 0 Å². The van der Waals surface area contributed by atoms with Crippen LogP contribution in [0.4, 0.5) is 11.6 Å². The van der Waals surface area contributed by atoms with E-state index in [1.807, 2.05) is 30.5 Å². The number of rotatable bonds is 11. The zero-order valence-corrected chi connectivity index (χ0v) is 20.4. The van der Waals surface area contributed by atoms with E-state index >= 15 is 0 Å². The fourth-order valence-corrected chi connectivity index (χ4v) is 4.53. The van der Waals surface area contributed by atoms with Gasteiger partial charge in [0.2, 0.25) is 5.95 Å². The van der Waals surface area contributed by atoms with Crippen molar-refractivity contribution in [3.05, 3.63) is 47.1 Å². The van der Waals surface area contributed by atoms with Gasteiger partial charge in [0.25, 0.3) is 0 Å². The summed E-state index contributed by atoms with van der Waals surface area (Å²) in [6.45, 7) is 5.20. The predicted molar refractivity (Wildman–Crippen MR) is 137 cm³/mol. The number of anilines is 2. The molecule has 3 aromatic rings. The van der Waals surface area contributed by atoms with E-state index in [9.17, 15) is 0 Å². The highest BCUT2D eigenvalue weighted by atomic mass is 35.5. The highest BCUT2D eigenvalue weighted by Gasteiger charge is 2.16. The molecule has 0 unspecified atom stereocenters. The molecule has 0 atom stereocenters. The van der Waals surface area contributed by atoms with Gasteiger partial charge in [0.05, 0.1) is 5.52 Å². The number of nitrogens with zero attached hydrogens (tertiary/aromatic N) is 5. The Hall–Kier alpha value is -2.47. The van der Waals surface area contributed by atoms with Crippen LogP contribution in [-0.2, 0) is 12.8 Å². The van der Waals surface area contributed by atoms with Crippen LogP contribution in [0.1, 0.15) is 69.9 Å². The lowest BCUT2D eigenvalue weighted by molar-refractivity contribution is 0.561. The molecule has 4 rings (SSSR count). The molecule has 0 bridgehead atoms. The standard InChI is InChI=1S/C26H35ClN6/c1-2-3-4-6-10-24-30-25(32-26(31-24)33-17-7-5-8-18-33)11-9-15-28-22-14-16-29-23-19-20(27)12-13-21(22)23/h12-14,16,19H,2-11,15,17-18H2,1H3,(H,28,29). The van der Waals surface area contributed by atoms with Crippen molar-refractivity contribution in [1.29, 1.82) is 0 Å². The third-order valence-electron chi connectivity index (χ3n) is 6.21. The van der Waals surface area contributed by atoms with E-state index in [1.165, 1.54) is 38.5 Å². The molecule has 7 heteroatoms. The smallest absolute Gasteiger partial charge is 0.228 e. The van der Waals surface area contributed by atoms with Crippen LogP contribution in [0.25, 0.3) is 10.9 Å². The van der Waals surface area contributed by atoms with E-state index in [1.54, 1.807) is 0 Å². The molecule has 1 aromatic carbocycles. The molecule has 6 nitrogen and oxygen atoms in total. The van der Waals surface area contributed by atoms with Gasteiger partial charge in [-0.15, -0.1) is 0 Å². The molecule has 0 amide bonds. The Balaban J connectivity index is 1.39. The number of benzene rings is 1. The zero-order chi connectivity index (χ0) is 22.9. The van der Waals surface area contributed by atoms with Crippen molar-refractivity contribution in [1.82, 2.24) is 19.9 Å². The summed E-state index contributed by atoms with van der Waals surface area (Å²) < 4.78 is 0. The maximum atomic E-state index is 6.11. The van der Waals surface area contributed by atoms with Gasteiger partial charge in [0.1, 0.15) is 11.6 Å². The van der Waals surface area contributed by atoms with Gasteiger partial charge in [-0.3, -0.25) is 4.98 Å². The van der Waals surface area contributed by atoms with E-state index < -0.39 is 0 Å². The summed E-state index contributed by atoms with van der Waals surface area (Å²) in [5, 5.41) is 5.35. The highest BCUT2D eigenvalue weighted by molar-refractivity contribution is 6.31. The topological polar surface area (TPSA) is 66.8 Å². The van der Waals surface area contributed by atoms with Crippen molar-refractivity contribution in [3.63, 3.8) is 0 Å². The summed E-state index contributed by atoms with van der Waals surface area (Å²) in [5.41, 5.74) is 1.99. The molecule has 0 aliphatic carbocycles. The first kappa shape index (κ1) is 23.7. The molecule has 0 radical (unpaired) electrons. The number of hydrogen-bond donors (Lipinski definition) is 1. The van der Waals surface area contributed by atoms with E-state index in [2.05, 4.69) is 22.1 Å². The Labute approximate surface area is 202 Å². The summed E-state index contributed by atoms with van der Waals surface area (Å²) >= 11 is 6.11. The number of aromatic nitrogens is 4. The fourth-order valence-electron chi connectivity index (χ4n) is 4.37. The molecule has 176 valence electrons. The first-order valence-electron chi connectivity index (χ1n) is 12.5. The molecule has 0 spiro atoms. The Morgan fingerprint density at radius 1 is 0.909 bits per heavy atom. The van der Waals surface area contributed by atoms with Gasteiger partial charge in [0, 0.05) is 54.8 Å². The quantitative estimate of drug-likeness (QED) is 0.338. The normalized spacial score (nSPS) is 14.1. The van der Waals surface area contributed by atoms with E-state index in [0.717, 1.165) is 79.5 Å². The molecule has 1 aliphatic heterocycles. The number of aryl methyl sites for hydroxylation is 2. The Morgan fingerprint density at radius 2 is 1.70 bits per heavy atom. The average molecular weight is 467 g/mol. The maximum absolute atomic E-state index is 6.11. The summed E-state index contributed by atoms with van der Waals surface area (Å²) in [5.74, 6) is 2.76. The molecule has 1 N–H and O–H groups in total. The molecule has 3 heterocycles. The monoisotopic (exact) mass is 466 g/mol. The number of nitrogens with one attached hydrogen (secondary N) is 1. The summed E-state index contributed by atoms with van der Waals surface area (Å²) in [6, 6.07) is 7.85. The van der Waals surface area contributed by atoms with Crippen molar-refractivity contribution in [2.24, 2.45) is 0 Å². The second-order valence-corrected chi connectivity index (χ2v) is 9.31. The second-order valence-electron chi connectivity index (χ2n) is 8.88. The number of pyridine rings is 1. The first-order chi connectivity index (χ1) is 16.2. The molecule has 1 aliphatic rings. The molecule has 2 aromatic heterocycles. The van der Waals surface area contributed by atoms with Crippen LogP contribution in [0.3, 0.4) is 0 Å². The molecule has 1 fully saturated rings. The number of hydrogen-bond acceptors (Lipinski definition) is 6. The minimum Gasteiger partial charge on any atom is -0.384 e. The highest BCUT2D eigenvalue weighted by Crippen LogP contribution is 2.24. The number of unbranched alkanes of at least 4 members (excludes halogenated alkanes) is 3. The van der Waals surface area contributed by atoms with E-state index in [-0.39, 0.29) is 0 Å². The van der Waals surface area contributed by atoms with Gasteiger partial charge < -0.3 is 10.2 Å². The largest absolute Gasteiger partial charge is 0.384 e. The minimum absolute atomic E-state index is 0.706. The summed E-state index contributed by atoms with van der Waals surface area (Å²) in [7, 11) is 0. The van der Waals surface area contributed by atoms with Crippen molar-refractivity contribution >= 4 is 34.1 Å². The Morgan fingerprint density at radius 3 is 2.48 bits per heavy atom. The van der Waals surface area contributed by atoms with E-state index in [4.69, 9.17) is 26.6 Å². The van der Waals surface area contributed by atoms with Crippen LogP contribution in [-0.4, -0.2) is 39.6 Å². The third kappa shape index (κ3) is 6.76. The molecular formula is C26H35ClN6. The number of halogens is 1. The van der Waals surface area contributed by atoms with Crippen LogP contribution < -0.4 is 10.2 Å². The van der Waals surface area contributed by atoms with Crippen molar-refractivity contribution in [2.75, 3.05) is 29.9 Å². The van der Waals surface area contributed by atoms with Crippen molar-refractivity contribution in [3.8, 4) is 0 Å². The Kier molecular flexibility index (Phi) is 8.70. The van der Waals surface area contributed by atoms with Crippen LogP contribution in [0.5, 0.6) is 0 Å². The fraction of sp³-hybridized carbons (Fsp3) is 0.538. The second kappa shape index (κ2) is 12.1. The van der Waals surface area contributed by atoms with Gasteiger partial charge in [-0.25, -0.2) is 4.98 Å². The number of fused-ring (bicyclic) bond motifs is 1. The lowest BCUT2D eigenvalue weighted by Crippen LogP contribution is -2.31. The number of piperidine rings is 1. The minimum atomic E-state index is 0.706. The molecule has 33 heavy (non-hydrogen) atoms. The third-order valence-corrected chi connectivity index (χ3v) is 6.44. The van der Waals surface area contributed by atoms with Gasteiger partial charge in [0.15, 0.2) is 0 Å². The Bertz CT molecular complexity index is 1030. The lowest BCUT2D eigenvalue weighted by Gasteiger charge is -2.27. The average Bonchev–Trinajstić information content (AvgIpc) is 2.85. The lowest BCUT2D eigenvalue weighted by atomic mass is 10.1. The van der Waals surface area contributed by atoms with Crippen LogP contribution in [0.15, 0.2) is 30.5 Å². The van der Waals surface area contributed by atoms with Gasteiger partial charge in [-0.2, -0.15) is 9.97 Å². The van der Waals surface area contributed by atoms with Crippen molar-refractivity contribution < 1.29 is 0 Å². The molecule has 1 saturated heterocycles. The summed E-state index contributed by atoms with van der Waals surface area (Å²) in [6.07, 6.45) is 13.2. The molecule has 0 saturated carbocycles. The SMILES string of the molecule is CCCCCCc1nc(CCCNc2ccnc3cc(Cl)ccc23)nc(N2CCCCC2)n1. The summed E-state index contributed by atoms with van der Waals surface area (Å²) in [4.78, 5) is 21.3. The van der Waals surface area contributed by atoms with Crippen LogP contribution >= 0.6 is 11.6 Å². The van der Waals surface area contributed by atoms with Gasteiger partial charge in [-0.05, 0) is 56.4 Å². The van der Waals surface area contributed by atoms with Crippen molar-refractivity contribution in [2.45, 2.75) is 71.1 Å². The van der Waals surface area contributed by atoms with E-state index in [0.29, 0.717) is 5.02 Å². The van der Waals surface area contributed by atoms with Crippen LogP contribution in [0, 0.1) is 0 Å². The van der Waals surface area contributed by atoms with Gasteiger partial charge in [-0.1, -0.05) is 37.8 Å². The van der Waals surface area contributed by atoms with Crippen LogP contribution in [0.2, 0.25) is 5.02 Å². The zero-order valence-electron chi connectivity index (χ0n) is 19.7. The maximum Gasteiger partial charge on any atom is 0.228 e. The molecular weight excluding hydrogens is 432 g/mol. The first-order valence-corrected chi connectivity index (χ1v) is 12.9. The predicted octanol–water partition coefficient (Wildman–Crippen LogP) is 6.23.